The van der Waals surface area contributed by atoms with Gasteiger partial charge >= 0.3 is 0 Å². The van der Waals surface area contributed by atoms with Crippen LogP contribution in [0.5, 0.6) is 0 Å². The smallest absolute Gasteiger partial charge is 0.105 e. The van der Waals surface area contributed by atoms with Crippen LogP contribution in [0.15, 0.2) is 0 Å². The first kappa shape index (κ1) is 22.6. The molecular formula is C20H40Cl2. The quantitative estimate of drug-likeness (QED) is 0.171. The molecule has 0 aromatic rings. The number of rotatable bonds is 18. The second kappa shape index (κ2) is 19.6. The van der Waals surface area contributed by atoms with Gasteiger partial charge in [0.15, 0.2) is 0 Å². The largest absolute Gasteiger partial charge is 0.107 e. The Labute approximate surface area is 150 Å². The van der Waals surface area contributed by atoms with Crippen LogP contribution in [0.3, 0.4) is 0 Å². The lowest BCUT2D eigenvalue weighted by molar-refractivity contribution is 0.526. The van der Waals surface area contributed by atoms with E-state index in [-0.39, 0.29) is 4.84 Å². The van der Waals surface area contributed by atoms with E-state index in [0.717, 1.165) is 6.42 Å². The highest BCUT2D eigenvalue weighted by molar-refractivity contribution is 6.44. The van der Waals surface area contributed by atoms with Crippen LogP contribution >= 0.6 is 23.2 Å². The van der Waals surface area contributed by atoms with Crippen molar-refractivity contribution in [2.45, 2.75) is 127 Å². The molecule has 0 amide bonds. The Kier molecular flexibility index (Phi) is 20.1. The molecule has 0 radical (unpaired) electrons. The van der Waals surface area contributed by atoms with Crippen molar-refractivity contribution in [1.82, 2.24) is 0 Å². The van der Waals surface area contributed by atoms with Crippen molar-refractivity contribution in [3.05, 3.63) is 0 Å². The Morgan fingerprint density at radius 3 is 1.00 bits per heavy atom. The van der Waals surface area contributed by atoms with Gasteiger partial charge in [-0.1, -0.05) is 116 Å². The highest BCUT2D eigenvalue weighted by Crippen LogP contribution is 2.16. The fourth-order valence-corrected chi connectivity index (χ4v) is 3.33. The lowest BCUT2D eigenvalue weighted by atomic mass is 10.0. The zero-order valence-corrected chi connectivity index (χ0v) is 16.6. The van der Waals surface area contributed by atoms with E-state index in [9.17, 15) is 0 Å². The number of hydrogen-bond acceptors (Lipinski definition) is 0. The zero-order valence-electron chi connectivity index (χ0n) is 15.1. The molecule has 22 heavy (non-hydrogen) atoms. The minimum absolute atomic E-state index is 0.156. The molecule has 0 aromatic carbocycles. The van der Waals surface area contributed by atoms with Gasteiger partial charge in [0, 0.05) is 0 Å². The normalized spacial score (nSPS) is 11.5. The third-order valence-electron chi connectivity index (χ3n) is 4.53. The summed E-state index contributed by atoms with van der Waals surface area (Å²) in [5.74, 6) is 0. The molecule has 0 fully saturated rings. The molecule has 134 valence electrons. The van der Waals surface area contributed by atoms with E-state index in [4.69, 9.17) is 23.2 Å². The van der Waals surface area contributed by atoms with Crippen LogP contribution in [-0.4, -0.2) is 4.84 Å². The Balaban J connectivity index is 2.94. The summed E-state index contributed by atoms with van der Waals surface area (Å²) < 4.78 is 0. The maximum atomic E-state index is 5.71. The molecule has 0 aliphatic heterocycles. The van der Waals surface area contributed by atoms with E-state index in [1.165, 1.54) is 109 Å². The van der Waals surface area contributed by atoms with Crippen molar-refractivity contribution in [3.63, 3.8) is 0 Å². The van der Waals surface area contributed by atoms with E-state index in [1.54, 1.807) is 0 Å². The van der Waals surface area contributed by atoms with Crippen molar-refractivity contribution in [2.75, 3.05) is 0 Å². The standard InChI is InChI=1S/C20H40Cl2/c1-2-3-4-5-6-7-8-9-10-11-12-13-14-15-16-17-18-19-20(21)22/h20H,2-19H2,1H3. The van der Waals surface area contributed by atoms with E-state index in [0.29, 0.717) is 0 Å². The van der Waals surface area contributed by atoms with Gasteiger partial charge in [-0.05, 0) is 6.42 Å². The van der Waals surface area contributed by atoms with E-state index in [1.807, 2.05) is 0 Å². The molecule has 0 nitrogen and oxygen atoms in total. The molecule has 0 rings (SSSR count). The first-order valence-corrected chi connectivity index (χ1v) is 10.9. The summed E-state index contributed by atoms with van der Waals surface area (Å²) in [5, 5.41) is 0. The van der Waals surface area contributed by atoms with Crippen LogP contribution in [0, 0.1) is 0 Å². The molecule has 0 saturated carbocycles. The third kappa shape index (κ3) is 20.6. The Hall–Kier alpha value is 0.580. The van der Waals surface area contributed by atoms with E-state index >= 15 is 0 Å². The van der Waals surface area contributed by atoms with Crippen molar-refractivity contribution in [2.24, 2.45) is 0 Å². The number of alkyl halides is 2. The minimum atomic E-state index is -0.156. The highest BCUT2D eigenvalue weighted by atomic mass is 35.5. The van der Waals surface area contributed by atoms with Gasteiger partial charge in [-0.25, -0.2) is 0 Å². The summed E-state index contributed by atoms with van der Waals surface area (Å²) in [6, 6.07) is 0. The van der Waals surface area contributed by atoms with Crippen LogP contribution in [0.4, 0.5) is 0 Å². The average Bonchev–Trinajstić information content (AvgIpc) is 2.50. The summed E-state index contributed by atoms with van der Waals surface area (Å²) in [6.07, 6.45) is 25.0. The first-order valence-electron chi connectivity index (χ1n) is 10.1. The van der Waals surface area contributed by atoms with Crippen molar-refractivity contribution in [1.29, 1.82) is 0 Å². The fraction of sp³-hybridized carbons (Fsp3) is 1.00. The number of unbranched alkanes of at least 4 members (excludes halogenated alkanes) is 16. The average molecular weight is 351 g/mol. The van der Waals surface area contributed by atoms with Crippen LogP contribution in [0.2, 0.25) is 0 Å². The maximum Gasteiger partial charge on any atom is 0.107 e. The maximum absolute atomic E-state index is 5.71. The van der Waals surface area contributed by atoms with Gasteiger partial charge in [0.1, 0.15) is 4.84 Å². The molecule has 0 N–H and O–H groups in total. The summed E-state index contributed by atoms with van der Waals surface area (Å²) in [4.78, 5) is -0.156. The summed E-state index contributed by atoms with van der Waals surface area (Å²) >= 11 is 11.4. The summed E-state index contributed by atoms with van der Waals surface area (Å²) in [7, 11) is 0. The predicted molar refractivity (Wildman–Crippen MR) is 104 cm³/mol. The molecule has 0 unspecified atom stereocenters. The molecule has 0 aromatic heterocycles. The van der Waals surface area contributed by atoms with E-state index in [2.05, 4.69) is 6.92 Å². The molecule has 0 atom stereocenters. The van der Waals surface area contributed by atoms with Gasteiger partial charge < -0.3 is 0 Å². The topological polar surface area (TPSA) is 0 Å². The highest BCUT2D eigenvalue weighted by Gasteiger charge is 1.98. The Morgan fingerprint density at radius 2 is 0.727 bits per heavy atom. The SMILES string of the molecule is CCCCCCCCCCCCCCCCCCCC(Cl)Cl. The molecule has 2 heteroatoms. The molecule has 0 aliphatic carbocycles. The number of hydrogen-bond donors (Lipinski definition) is 0. The molecular weight excluding hydrogens is 311 g/mol. The molecule has 0 bridgehead atoms. The van der Waals surface area contributed by atoms with E-state index < -0.39 is 0 Å². The van der Waals surface area contributed by atoms with Crippen molar-refractivity contribution >= 4 is 23.2 Å². The van der Waals surface area contributed by atoms with Gasteiger partial charge in [-0.15, -0.1) is 23.2 Å². The summed E-state index contributed by atoms with van der Waals surface area (Å²) in [6.45, 7) is 2.29. The first-order chi connectivity index (χ1) is 10.8. The predicted octanol–water partition coefficient (Wildman–Crippen LogP) is 8.83. The van der Waals surface area contributed by atoms with Crippen LogP contribution in [0.25, 0.3) is 0 Å². The molecule has 0 aliphatic rings. The van der Waals surface area contributed by atoms with Gasteiger partial charge in [0.05, 0.1) is 0 Å². The van der Waals surface area contributed by atoms with Crippen LogP contribution in [0.1, 0.15) is 122 Å². The fourth-order valence-electron chi connectivity index (χ4n) is 3.02. The Bertz CT molecular complexity index is 192. The summed E-state index contributed by atoms with van der Waals surface area (Å²) in [5.41, 5.74) is 0. The van der Waals surface area contributed by atoms with Crippen LogP contribution in [-0.2, 0) is 0 Å². The van der Waals surface area contributed by atoms with Gasteiger partial charge in [0.25, 0.3) is 0 Å². The van der Waals surface area contributed by atoms with Crippen LogP contribution < -0.4 is 0 Å². The number of halogens is 2. The molecule has 0 heterocycles. The van der Waals surface area contributed by atoms with Gasteiger partial charge in [-0.2, -0.15) is 0 Å². The minimum Gasteiger partial charge on any atom is -0.105 e. The molecule has 0 saturated heterocycles. The lowest BCUT2D eigenvalue weighted by Gasteiger charge is -2.04. The molecule has 0 spiro atoms. The monoisotopic (exact) mass is 350 g/mol. The lowest BCUT2D eigenvalue weighted by Crippen LogP contribution is -1.87. The third-order valence-corrected chi connectivity index (χ3v) is 4.96. The Morgan fingerprint density at radius 1 is 0.455 bits per heavy atom. The second-order valence-corrected chi connectivity index (χ2v) is 8.11. The van der Waals surface area contributed by atoms with Crippen molar-refractivity contribution < 1.29 is 0 Å². The van der Waals surface area contributed by atoms with Crippen molar-refractivity contribution in [3.8, 4) is 0 Å². The second-order valence-electron chi connectivity index (χ2n) is 6.84. The van der Waals surface area contributed by atoms with Gasteiger partial charge in [0.2, 0.25) is 0 Å². The van der Waals surface area contributed by atoms with Gasteiger partial charge in [-0.3, -0.25) is 0 Å². The zero-order chi connectivity index (χ0) is 16.3.